The number of fused-ring (bicyclic) bond motifs is 1. The van der Waals surface area contributed by atoms with E-state index in [-0.39, 0.29) is 6.23 Å². The van der Waals surface area contributed by atoms with Crippen LogP contribution in [0.4, 0.5) is 5.69 Å². The maximum Gasteiger partial charge on any atom is 0.157 e. The van der Waals surface area contributed by atoms with Gasteiger partial charge < -0.3 is 10.1 Å². The van der Waals surface area contributed by atoms with Crippen molar-refractivity contribution in [1.82, 2.24) is 0 Å². The van der Waals surface area contributed by atoms with E-state index in [9.17, 15) is 4.79 Å². The van der Waals surface area contributed by atoms with Crippen LogP contribution >= 0.6 is 0 Å². The Morgan fingerprint density at radius 1 is 1.53 bits per heavy atom. The molecule has 1 N–H and O–H groups in total. The van der Waals surface area contributed by atoms with E-state index in [0.29, 0.717) is 12.2 Å². The summed E-state index contributed by atoms with van der Waals surface area (Å²) in [5.41, 5.74) is 3.77. The van der Waals surface area contributed by atoms with E-state index < -0.39 is 0 Å². The quantitative estimate of drug-likeness (QED) is 0.637. The number of hydrogen-bond acceptors (Lipinski definition) is 3. The second kappa shape index (κ2) is 4.97. The van der Waals surface area contributed by atoms with Crippen LogP contribution in [-0.4, -0.2) is 19.1 Å². The van der Waals surface area contributed by atoms with Crippen LogP contribution < -0.4 is 5.32 Å². The highest BCUT2D eigenvalue weighted by Gasteiger charge is 2.20. The van der Waals surface area contributed by atoms with Gasteiger partial charge in [-0.15, -0.1) is 6.58 Å². The Kier molecular flexibility index (Phi) is 3.40. The van der Waals surface area contributed by atoms with Crippen LogP contribution in [0.5, 0.6) is 0 Å². The monoisotopic (exact) mass is 229 g/mol. The Hall–Kier alpha value is -1.87. The first-order chi connectivity index (χ1) is 8.24. The molecule has 1 aromatic carbocycles. The summed E-state index contributed by atoms with van der Waals surface area (Å²) in [4.78, 5) is 11.0. The molecular weight excluding hydrogens is 214 g/mol. The second-order valence-electron chi connectivity index (χ2n) is 4.00. The highest BCUT2D eigenvalue weighted by molar-refractivity contribution is 5.89. The third-order valence-corrected chi connectivity index (χ3v) is 2.64. The summed E-state index contributed by atoms with van der Waals surface area (Å²) in [6.45, 7) is 6.02. The van der Waals surface area contributed by atoms with Gasteiger partial charge in [0, 0.05) is 11.3 Å². The molecule has 3 nitrogen and oxygen atoms in total. The second-order valence-corrected chi connectivity index (χ2v) is 4.00. The van der Waals surface area contributed by atoms with E-state index in [4.69, 9.17) is 4.74 Å². The van der Waals surface area contributed by atoms with Crippen LogP contribution in [0.15, 0.2) is 36.4 Å². The summed E-state index contributed by atoms with van der Waals surface area (Å²) in [5, 5.41) is 3.19. The zero-order chi connectivity index (χ0) is 12.3. The van der Waals surface area contributed by atoms with Crippen LogP contribution in [-0.2, 0) is 9.53 Å². The summed E-state index contributed by atoms with van der Waals surface area (Å²) in [6.07, 6.45) is 3.96. The molecule has 88 valence electrons. The van der Waals surface area contributed by atoms with Crippen molar-refractivity contribution in [3.05, 3.63) is 47.6 Å². The molecule has 0 radical (unpaired) electrons. The molecular formula is C14H15NO2. The van der Waals surface area contributed by atoms with Crippen molar-refractivity contribution in [2.75, 3.05) is 11.9 Å². The van der Waals surface area contributed by atoms with Crippen molar-refractivity contribution in [1.29, 1.82) is 0 Å². The van der Waals surface area contributed by atoms with Gasteiger partial charge in [0.25, 0.3) is 0 Å². The van der Waals surface area contributed by atoms with Crippen LogP contribution in [0.2, 0.25) is 0 Å². The fourth-order valence-electron chi connectivity index (χ4n) is 1.81. The maximum absolute atomic E-state index is 11.0. The lowest BCUT2D eigenvalue weighted by Gasteiger charge is -2.25. The Balaban J connectivity index is 2.31. The van der Waals surface area contributed by atoms with Crippen LogP contribution in [0, 0.1) is 6.92 Å². The predicted molar refractivity (Wildman–Crippen MR) is 68.8 cm³/mol. The van der Waals surface area contributed by atoms with Gasteiger partial charge in [0.15, 0.2) is 12.5 Å². The number of rotatable bonds is 4. The number of carbonyl (C=O) groups is 1. The van der Waals surface area contributed by atoms with E-state index in [1.807, 2.05) is 31.2 Å². The Labute approximate surface area is 101 Å². The standard InChI is InChI=1S/C14H15NO2/c1-3-6-17-14-12(9-16)8-11-7-10(2)4-5-13(11)15-14/h3-5,7-9,14-15H,1,6H2,2H3/t14-/m0/s1. The summed E-state index contributed by atoms with van der Waals surface area (Å²) in [5.74, 6) is 0. The van der Waals surface area contributed by atoms with E-state index in [2.05, 4.69) is 11.9 Å². The molecule has 1 aromatic rings. The number of carbonyl (C=O) groups excluding carboxylic acids is 1. The van der Waals surface area contributed by atoms with Crippen molar-refractivity contribution in [3.8, 4) is 0 Å². The average molecular weight is 229 g/mol. The number of aldehydes is 1. The molecule has 17 heavy (non-hydrogen) atoms. The highest BCUT2D eigenvalue weighted by Crippen LogP contribution is 2.27. The van der Waals surface area contributed by atoms with Gasteiger partial charge in [-0.1, -0.05) is 17.7 Å². The van der Waals surface area contributed by atoms with Gasteiger partial charge in [-0.05, 0) is 30.7 Å². The summed E-state index contributed by atoms with van der Waals surface area (Å²) < 4.78 is 5.49. The third-order valence-electron chi connectivity index (χ3n) is 2.64. The molecule has 0 amide bonds. The molecule has 3 heteroatoms. The third kappa shape index (κ3) is 2.45. The molecule has 0 aromatic heterocycles. The number of ether oxygens (including phenoxy) is 1. The molecule has 0 spiro atoms. The first-order valence-corrected chi connectivity index (χ1v) is 5.51. The largest absolute Gasteiger partial charge is 0.356 e. The Bertz CT molecular complexity index is 477. The van der Waals surface area contributed by atoms with Crippen LogP contribution in [0.3, 0.4) is 0 Å². The molecule has 0 bridgehead atoms. The van der Waals surface area contributed by atoms with Gasteiger partial charge in [-0.25, -0.2) is 0 Å². The minimum absolute atomic E-state index is 0.388. The number of nitrogens with one attached hydrogen (secondary N) is 1. The lowest BCUT2D eigenvalue weighted by Crippen LogP contribution is -2.29. The normalized spacial score (nSPS) is 17.7. The molecule has 0 aliphatic carbocycles. The lowest BCUT2D eigenvalue weighted by molar-refractivity contribution is -0.105. The first kappa shape index (κ1) is 11.6. The van der Waals surface area contributed by atoms with Crippen LogP contribution in [0.1, 0.15) is 11.1 Å². The molecule has 0 saturated carbocycles. The van der Waals surface area contributed by atoms with Gasteiger partial charge in [0.2, 0.25) is 0 Å². The van der Waals surface area contributed by atoms with Gasteiger partial charge in [0.1, 0.15) is 0 Å². The summed E-state index contributed by atoms with van der Waals surface area (Å²) >= 11 is 0. The predicted octanol–water partition coefficient (Wildman–Crippen LogP) is 2.53. The zero-order valence-corrected chi connectivity index (χ0v) is 9.77. The van der Waals surface area contributed by atoms with E-state index in [0.717, 1.165) is 23.1 Å². The van der Waals surface area contributed by atoms with Crippen molar-refractivity contribution in [2.45, 2.75) is 13.2 Å². The van der Waals surface area contributed by atoms with E-state index in [1.54, 1.807) is 6.08 Å². The van der Waals surface area contributed by atoms with Crippen LogP contribution in [0.25, 0.3) is 6.08 Å². The Morgan fingerprint density at radius 2 is 2.35 bits per heavy atom. The number of benzene rings is 1. The maximum atomic E-state index is 11.0. The summed E-state index contributed by atoms with van der Waals surface area (Å²) in [7, 11) is 0. The zero-order valence-electron chi connectivity index (χ0n) is 9.77. The highest BCUT2D eigenvalue weighted by atomic mass is 16.5. The Morgan fingerprint density at radius 3 is 3.06 bits per heavy atom. The van der Waals surface area contributed by atoms with Gasteiger partial charge >= 0.3 is 0 Å². The molecule has 0 fully saturated rings. The van der Waals surface area contributed by atoms with Crippen molar-refractivity contribution in [3.63, 3.8) is 0 Å². The smallest absolute Gasteiger partial charge is 0.157 e. The van der Waals surface area contributed by atoms with E-state index >= 15 is 0 Å². The van der Waals surface area contributed by atoms with Crippen molar-refractivity contribution < 1.29 is 9.53 Å². The van der Waals surface area contributed by atoms with Crippen molar-refractivity contribution in [2.24, 2.45) is 0 Å². The van der Waals surface area contributed by atoms with E-state index in [1.165, 1.54) is 0 Å². The minimum Gasteiger partial charge on any atom is -0.356 e. The van der Waals surface area contributed by atoms with Crippen molar-refractivity contribution >= 4 is 18.0 Å². The molecule has 2 rings (SSSR count). The molecule has 0 saturated heterocycles. The number of anilines is 1. The minimum atomic E-state index is -0.388. The fourth-order valence-corrected chi connectivity index (χ4v) is 1.81. The molecule has 1 aliphatic heterocycles. The topological polar surface area (TPSA) is 38.3 Å². The molecule has 1 atom stereocenters. The molecule has 0 unspecified atom stereocenters. The first-order valence-electron chi connectivity index (χ1n) is 5.51. The lowest BCUT2D eigenvalue weighted by atomic mass is 10.0. The SMILES string of the molecule is C=CCO[C@@H]1Nc2ccc(C)cc2C=C1C=O. The molecule has 1 heterocycles. The number of aryl methyl sites for hydroxylation is 1. The van der Waals surface area contributed by atoms with Gasteiger partial charge in [0.05, 0.1) is 6.61 Å². The molecule has 1 aliphatic rings. The van der Waals surface area contributed by atoms with Gasteiger partial charge in [-0.3, -0.25) is 4.79 Å². The summed E-state index contributed by atoms with van der Waals surface area (Å²) in [6, 6.07) is 6.05. The fraction of sp³-hybridized carbons (Fsp3) is 0.214. The van der Waals surface area contributed by atoms with Gasteiger partial charge in [-0.2, -0.15) is 0 Å². The number of hydrogen-bond donors (Lipinski definition) is 1. The average Bonchev–Trinajstić information content (AvgIpc) is 2.35.